The highest BCUT2D eigenvalue weighted by Crippen LogP contribution is 2.25. The second-order valence-corrected chi connectivity index (χ2v) is 4.51. The normalized spacial score (nSPS) is 14.7. The minimum atomic E-state index is -0.296. The van der Waals surface area contributed by atoms with Crippen molar-refractivity contribution >= 4 is 32.6 Å². The summed E-state index contributed by atoms with van der Waals surface area (Å²) in [6.07, 6.45) is 9.29. The summed E-state index contributed by atoms with van der Waals surface area (Å²) >= 11 is 1.65. The summed E-state index contributed by atoms with van der Waals surface area (Å²) in [6.45, 7) is 6.30. The number of carbonyl (C=O) groups excluding carboxylic acids is 1. The second kappa shape index (κ2) is 13.0. The molecule has 0 N–H and O–H groups in total. The number of allylic oxidation sites excluding steroid dienone is 4. The Kier molecular flexibility index (Phi) is 13.9. The van der Waals surface area contributed by atoms with Crippen LogP contribution in [0.4, 0.5) is 0 Å². The zero-order valence-electron chi connectivity index (χ0n) is 12.1. The maximum absolute atomic E-state index is 11.9. The molecule has 1 rings (SSSR count). The molecule has 0 saturated heterocycles. The highest BCUT2D eigenvalue weighted by atomic mass is 32.2. The molecular weight excluding hydrogens is 266 g/mol. The van der Waals surface area contributed by atoms with Crippen LogP contribution in [-0.4, -0.2) is 39.5 Å². The zero-order chi connectivity index (χ0) is 14.7. The average Bonchev–Trinajstić information content (AvgIpc) is 2.48. The molecular formula is C15H24B2O2S+. The van der Waals surface area contributed by atoms with Crippen LogP contribution in [0, 0.1) is 5.92 Å². The van der Waals surface area contributed by atoms with Gasteiger partial charge in [-0.2, -0.15) is 11.8 Å². The van der Waals surface area contributed by atoms with E-state index in [1.165, 1.54) is 7.17 Å². The van der Waals surface area contributed by atoms with Crippen molar-refractivity contribution in [2.24, 2.45) is 0 Å². The molecule has 0 aromatic heterocycles. The number of ether oxygens (including phenoxy) is 1. The van der Waals surface area contributed by atoms with Gasteiger partial charge in [-0.25, -0.2) is 4.79 Å². The van der Waals surface area contributed by atoms with Crippen LogP contribution in [0.3, 0.4) is 0 Å². The first-order valence-electron chi connectivity index (χ1n) is 6.34. The van der Waals surface area contributed by atoms with Crippen LogP contribution >= 0.6 is 11.8 Å². The van der Waals surface area contributed by atoms with E-state index in [2.05, 4.69) is 0 Å². The van der Waals surface area contributed by atoms with Gasteiger partial charge in [-0.15, -0.1) is 0 Å². The number of thioether (sulfide) groups is 1. The van der Waals surface area contributed by atoms with Gasteiger partial charge in [-0.1, -0.05) is 21.3 Å². The van der Waals surface area contributed by atoms with Gasteiger partial charge in [0, 0.05) is 37.8 Å². The van der Waals surface area contributed by atoms with Crippen LogP contribution in [0.25, 0.3) is 0 Å². The third-order valence-electron chi connectivity index (χ3n) is 2.34. The smallest absolute Gasteiger partial charge is 0.383 e. The quantitative estimate of drug-likeness (QED) is 0.336. The van der Waals surface area contributed by atoms with Crippen molar-refractivity contribution in [1.82, 2.24) is 0 Å². The average molecular weight is 290 g/mol. The van der Waals surface area contributed by atoms with Gasteiger partial charge in [0.05, 0.1) is 5.57 Å². The van der Waals surface area contributed by atoms with Crippen LogP contribution in [0.5, 0.6) is 0 Å². The fourth-order valence-electron chi connectivity index (χ4n) is 1.39. The monoisotopic (exact) mass is 290 g/mol. The van der Waals surface area contributed by atoms with E-state index in [4.69, 9.17) is 12.5 Å². The third-order valence-corrected chi connectivity index (χ3v) is 2.92. The molecule has 0 aromatic carbocycles. The molecule has 0 atom stereocenters. The highest BCUT2D eigenvalue weighted by molar-refractivity contribution is 7.98. The van der Waals surface area contributed by atoms with Crippen LogP contribution in [0.15, 0.2) is 35.3 Å². The predicted octanol–water partition coefficient (Wildman–Crippen LogP) is 3.32. The maximum Gasteiger partial charge on any atom is 0.383 e. The lowest BCUT2D eigenvalue weighted by Crippen LogP contribution is -2.19. The number of carbonyl (C=O) groups is 1. The van der Waals surface area contributed by atoms with Crippen molar-refractivity contribution in [3.63, 3.8) is 0 Å². The molecule has 0 aliphatic heterocycles. The van der Waals surface area contributed by atoms with Gasteiger partial charge in [0.1, 0.15) is 6.61 Å². The first-order valence-corrected chi connectivity index (χ1v) is 7.74. The molecule has 0 saturated carbocycles. The molecule has 5 heteroatoms. The summed E-state index contributed by atoms with van der Waals surface area (Å²) < 4.78 is 5.18. The van der Waals surface area contributed by atoms with E-state index in [0.717, 1.165) is 16.8 Å². The standard InChI is InChI=1S/C12H14B2O2S.C2H6.CH4/c1-9(14-13)10-5-3-4-6-11(10)12(15)16-7-8-17-2;1-2;/h3-6H,7-8H2,1-2H3;1-2H3;1H4/q+1;;. The maximum atomic E-state index is 11.9. The summed E-state index contributed by atoms with van der Waals surface area (Å²) in [5.74, 6) is 1.07. The van der Waals surface area contributed by atoms with Crippen LogP contribution in [0.1, 0.15) is 28.2 Å². The van der Waals surface area contributed by atoms with Crippen molar-refractivity contribution in [2.75, 3.05) is 18.6 Å². The Morgan fingerprint density at radius 1 is 1.45 bits per heavy atom. The minimum Gasteiger partial charge on any atom is -0.454 e. The van der Waals surface area contributed by atoms with Crippen molar-refractivity contribution < 1.29 is 9.53 Å². The third kappa shape index (κ3) is 6.99. The Labute approximate surface area is 130 Å². The van der Waals surface area contributed by atoms with Crippen molar-refractivity contribution in [1.29, 1.82) is 0 Å². The molecule has 20 heavy (non-hydrogen) atoms. The summed E-state index contributed by atoms with van der Waals surface area (Å²) in [5.41, 5.74) is 1.69. The number of hydrogen-bond donors (Lipinski definition) is 0. The van der Waals surface area contributed by atoms with Gasteiger partial charge in [0.15, 0.2) is 13.1 Å². The first kappa shape index (κ1) is 21.3. The summed E-state index contributed by atoms with van der Waals surface area (Å²) in [5, 5.41) is 0. The Hall–Kier alpha value is -0.960. The van der Waals surface area contributed by atoms with Crippen LogP contribution in [-0.2, 0) is 9.53 Å². The lowest BCUT2D eigenvalue weighted by Gasteiger charge is -2.11. The molecule has 1 aliphatic rings. The van der Waals surface area contributed by atoms with Crippen molar-refractivity contribution in [3.05, 3.63) is 41.3 Å². The highest BCUT2D eigenvalue weighted by Gasteiger charge is 2.29. The van der Waals surface area contributed by atoms with E-state index in [-0.39, 0.29) is 13.4 Å². The van der Waals surface area contributed by atoms with Crippen LogP contribution < -0.4 is 0 Å². The minimum absolute atomic E-state index is 0. The zero-order valence-corrected chi connectivity index (χ0v) is 12.9. The molecule has 107 valence electrons. The number of esters is 1. The lowest BCUT2D eigenvalue weighted by atomic mass is 9.49. The van der Waals surface area contributed by atoms with E-state index in [1.807, 2.05) is 45.3 Å². The van der Waals surface area contributed by atoms with E-state index in [1.54, 1.807) is 17.8 Å². The van der Waals surface area contributed by atoms with E-state index in [9.17, 15) is 4.79 Å². The Bertz CT molecular complexity index is 363. The molecule has 2 nitrogen and oxygen atoms in total. The second-order valence-electron chi connectivity index (χ2n) is 3.52. The van der Waals surface area contributed by atoms with Crippen LogP contribution in [0.2, 0.25) is 0 Å². The first-order chi connectivity index (χ1) is 9.20. The van der Waals surface area contributed by atoms with Gasteiger partial charge < -0.3 is 4.74 Å². The summed E-state index contributed by atoms with van der Waals surface area (Å²) in [4.78, 5) is 11.9. The Morgan fingerprint density at radius 2 is 2.10 bits per heavy atom. The molecule has 3 radical (unpaired) electrons. The Balaban J connectivity index is 0. The molecule has 0 heterocycles. The van der Waals surface area contributed by atoms with E-state index >= 15 is 0 Å². The predicted molar refractivity (Wildman–Crippen MR) is 93.2 cm³/mol. The van der Waals surface area contributed by atoms with Gasteiger partial charge in [-0.05, 0) is 18.7 Å². The van der Waals surface area contributed by atoms with Gasteiger partial charge in [0.2, 0.25) is 0 Å². The molecule has 0 amide bonds. The molecule has 0 spiro atoms. The summed E-state index contributed by atoms with van der Waals surface area (Å²) in [6, 6.07) is 0. The lowest BCUT2D eigenvalue weighted by molar-refractivity contribution is -0.139. The largest absolute Gasteiger partial charge is 0.454 e. The van der Waals surface area contributed by atoms with Crippen molar-refractivity contribution in [2.45, 2.75) is 28.2 Å². The van der Waals surface area contributed by atoms with E-state index in [0.29, 0.717) is 12.5 Å². The van der Waals surface area contributed by atoms with E-state index < -0.39 is 0 Å². The van der Waals surface area contributed by atoms with Crippen molar-refractivity contribution in [3.8, 4) is 0 Å². The SMILES string of the molecule is C.CC.[B][B]C(C)=C1C=CC=C[C+]1C(=O)OCCSC. The Morgan fingerprint density at radius 3 is 2.65 bits per heavy atom. The molecule has 0 fully saturated rings. The topological polar surface area (TPSA) is 26.3 Å². The molecule has 0 aromatic rings. The summed E-state index contributed by atoms with van der Waals surface area (Å²) in [7, 11) is 6.97. The van der Waals surface area contributed by atoms with Gasteiger partial charge in [-0.3, -0.25) is 0 Å². The number of hydrogen-bond acceptors (Lipinski definition) is 3. The fraction of sp³-hybridized carbons (Fsp3) is 0.467. The fourth-order valence-corrected chi connectivity index (χ4v) is 1.64. The molecule has 1 aliphatic carbocycles. The van der Waals surface area contributed by atoms with Gasteiger partial charge in [0.25, 0.3) is 0 Å². The molecule has 0 unspecified atom stereocenters. The van der Waals surface area contributed by atoms with Gasteiger partial charge >= 0.3 is 5.97 Å². The molecule has 0 bridgehead atoms. The number of rotatable bonds is 5.